The average molecular weight is 679 g/mol. The SMILES string of the molecule is CC1(C)c2ccccc2Oc2ccc(C3C=CC(C4=NC(C5C=CC(c6ccccc6)=CC5)=NC(C5=CCC(c6ccccc6)C=C5)[NH2+]4)=CC3)cc21. The number of fused-ring (bicyclic) bond motifs is 2. The lowest BCUT2D eigenvalue weighted by Gasteiger charge is -2.35. The van der Waals surface area contributed by atoms with Crippen molar-refractivity contribution in [3.05, 3.63) is 197 Å². The Labute approximate surface area is 307 Å². The minimum absolute atomic E-state index is 0.0684. The lowest BCUT2D eigenvalue weighted by Crippen LogP contribution is -2.94. The van der Waals surface area contributed by atoms with Crippen molar-refractivity contribution in [1.82, 2.24) is 0 Å². The average Bonchev–Trinajstić information content (AvgIpc) is 3.21. The zero-order valence-corrected chi connectivity index (χ0v) is 29.8. The molecule has 0 aromatic heterocycles. The van der Waals surface area contributed by atoms with Crippen molar-refractivity contribution in [3.8, 4) is 11.5 Å². The Kier molecular flexibility index (Phi) is 8.41. The van der Waals surface area contributed by atoms with Crippen molar-refractivity contribution in [2.45, 2.75) is 56.5 Å². The summed E-state index contributed by atoms with van der Waals surface area (Å²) in [5, 5.41) is 2.27. The molecule has 2 aliphatic heterocycles. The number of allylic oxidation sites excluding steroid dienone is 7. The maximum atomic E-state index is 6.35. The van der Waals surface area contributed by atoms with Crippen LogP contribution in [0.3, 0.4) is 0 Å². The molecule has 3 aliphatic carbocycles. The number of ether oxygens (including phenoxy) is 1. The molecule has 4 heteroatoms. The maximum Gasteiger partial charge on any atom is 0.235 e. The van der Waals surface area contributed by atoms with Crippen molar-refractivity contribution in [2.24, 2.45) is 15.9 Å². The van der Waals surface area contributed by atoms with Gasteiger partial charge in [-0.1, -0.05) is 160 Å². The fourth-order valence-electron chi connectivity index (χ4n) is 8.24. The number of hydrogen-bond acceptors (Lipinski definition) is 3. The maximum absolute atomic E-state index is 6.35. The number of rotatable bonds is 6. The monoisotopic (exact) mass is 678 g/mol. The third-order valence-electron chi connectivity index (χ3n) is 11.3. The molecule has 2 heterocycles. The van der Waals surface area contributed by atoms with Crippen molar-refractivity contribution < 1.29 is 10.1 Å². The summed E-state index contributed by atoms with van der Waals surface area (Å²) < 4.78 is 6.35. The quantitative estimate of drug-likeness (QED) is 0.217. The van der Waals surface area contributed by atoms with Crippen molar-refractivity contribution >= 4 is 17.2 Å². The van der Waals surface area contributed by atoms with Gasteiger partial charge in [0.25, 0.3) is 0 Å². The molecule has 0 bridgehead atoms. The Morgan fingerprint density at radius 3 is 2.02 bits per heavy atom. The third kappa shape index (κ3) is 6.18. The summed E-state index contributed by atoms with van der Waals surface area (Å²) in [6.07, 6.45) is 23.6. The predicted molar refractivity (Wildman–Crippen MR) is 213 cm³/mol. The molecular weight excluding hydrogens is 635 g/mol. The number of benzene rings is 4. The number of amidine groups is 2. The van der Waals surface area contributed by atoms with Crippen LogP contribution in [0.25, 0.3) is 5.57 Å². The van der Waals surface area contributed by atoms with Gasteiger partial charge in [-0.05, 0) is 53.7 Å². The summed E-state index contributed by atoms with van der Waals surface area (Å²) >= 11 is 0. The molecule has 0 spiro atoms. The zero-order chi connectivity index (χ0) is 35.1. The number of aliphatic imine (C=N–C) groups is 2. The fourth-order valence-corrected chi connectivity index (χ4v) is 8.24. The standard InChI is InChI=1S/C48H43N3O/c1-48(2)41-15-9-10-16-43(41)52-44-30-29-40(31-42(44)48)36-21-27-39(28-22-36)47-50-45(37-23-17-34(18-24-37)32-11-5-3-6-12-32)49-46(51-47)38-25-19-35(20-26-38)33-13-7-4-8-14-33/h3-19,21,23,25-31,35-37,46H,20,22,24H2,1-2H3,(H,49,50,51)/p+1. The molecule has 4 atom stereocenters. The Bertz CT molecular complexity index is 2260. The molecule has 0 saturated carbocycles. The number of quaternary nitrogens is 1. The first kappa shape index (κ1) is 32.3. The van der Waals surface area contributed by atoms with E-state index < -0.39 is 0 Å². The van der Waals surface area contributed by atoms with Gasteiger partial charge in [0.05, 0.1) is 5.57 Å². The van der Waals surface area contributed by atoms with Gasteiger partial charge in [-0.3, -0.25) is 5.32 Å². The lowest BCUT2D eigenvalue weighted by molar-refractivity contribution is -0.569. The van der Waals surface area contributed by atoms with E-state index in [1.54, 1.807) is 0 Å². The molecule has 52 heavy (non-hydrogen) atoms. The zero-order valence-electron chi connectivity index (χ0n) is 29.8. The van der Waals surface area contributed by atoms with E-state index in [0.29, 0.717) is 5.92 Å². The van der Waals surface area contributed by atoms with Crippen LogP contribution in [0.2, 0.25) is 0 Å². The van der Waals surface area contributed by atoms with Crippen LogP contribution in [-0.4, -0.2) is 17.8 Å². The Morgan fingerprint density at radius 1 is 0.615 bits per heavy atom. The van der Waals surface area contributed by atoms with Gasteiger partial charge in [-0.2, -0.15) is 4.99 Å². The first-order valence-corrected chi connectivity index (χ1v) is 18.7. The van der Waals surface area contributed by atoms with Crippen LogP contribution in [0.1, 0.15) is 72.8 Å². The number of nitrogens with zero attached hydrogens (tertiary/aromatic N) is 2. The second kappa shape index (κ2) is 13.5. The summed E-state index contributed by atoms with van der Waals surface area (Å²) in [4.78, 5) is 10.6. The number of hydrogen-bond donors (Lipinski definition) is 1. The summed E-state index contributed by atoms with van der Waals surface area (Å²) in [6, 6.07) is 36.6. The number of para-hydroxylation sites is 1. The molecule has 4 unspecified atom stereocenters. The second-order valence-corrected chi connectivity index (χ2v) is 15.0. The largest absolute Gasteiger partial charge is 0.457 e. The van der Waals surface area contributed by atoms with Crippen molar-refractivity contribution in [3.63, 3.8) is 0 Å². The van der Waals surface area contributed by atoms with E-state index in [2.05, 4.69) is 171 Å². The van der Waals surface area contributed by atoms with Gasteiger partial charge in [0.15, 0.2) is 0 Å². The molecule has 2 N–H and O–H groups in total. The topological polar surface area (TPSA) is 50.6 Å². The lowest BCUT2D eigenvalue weighted by atomic mass is 9.74. The van der Waals surface area contributed by atoms with E-state index in [4.69, 9.17) is 14.7 Å². The van der Waals surface area contributed by atoms with E-state index in [1.807, 2.05) is 6.07 Å². The van der Waals surface area contributed by atoms with E-state index in [-0.39, 0.29) is 23.4 Å². The first-order chi connectivity index (χ1) is 25.5. The molecule has 0 saturated heterocycles. The summed E-state index contributed by atoms with van der Waals surface area (Å²) in [6.45, 7) is 4.60. The molecule has 0 amide bonds. The van der Waals surface area contributed by atoms with Gasteiger partial charge in [-0.15, -0.1) is 0 Å². The van der Waals surface area contributed by atoms with Crippen LogP contribution in [0.5, 0.6) is 11.5 Å². The highest BCUT2D eigenvalue weighted by molar-refractivity contribution is 6.05. The predicted octanol–water partition coefficient (Wildman–Crippen LogP) is 10.1. The first-order valence-electron chi connectivity index (χ1n) is 18.7. The van der Waals surface area contributed by atoms with Gasteiger partial charge >= 0.3 is 0 Å². The van der Waals surface area contributed by atoms with Crippen molar-refractivity contribution in [1.29, 1.82) is 0 Å². The summed E-state index contributed by atoms with van der Waals surface area (Å²) in [7, 11) is 0. The molecular formula is C48H44N3O+. The second-order valence-electron chi connectivity index (χ2n) is 15.0. The minimum Gasteiger partial charge on any atom is -0.457 e. The van der Waals surface area contributed by atoms with Gasteiger partial charge in [0.1, 0.15) is 17.3 Å². The Balaban J connectivity index is 0.968. The van der Waals surface area contributed by atoms with Crippen LogP contribution in [0, 0.1) is 5.92 Å². The highest BCUT2D eigenvalue weighted by Gasteiger charge is 2.35. The summed E-state index contributed by atoms with van der Waals surface area (Å²) in [5.74, 6) is 4.66. The minimum atomic E-state index is -0.135. The molecule has 4 nitrogen and oxygen atoms in total. The van der Waals surface area contributed by atoms with Crippen LogP contribution in [0.4, 0.5) is 0 Å². The molecule has 4 aromatic carbocycles. The molecule has 0 radical (unpaired) electrons. The molecule has 5 aliphatic rings. The third-order valence-corrected chi connectivity index (χ3v) is 11.3. The van der Waals surface area contributed by atoms with E-state index in [0.717, 1.165) is 42.4 Å². The number of nitrogens with two attached hydrogens (primary N) is 1. The van der Waals surface area contributed by atoms with Gasteiger partial charge in [-0.25, -0.2) is 4.99 Å². The normalized spacial score (nSPS) is 24.3. The van der Waals surface area contributed by atoms with Gasteiger partial charge in [0.2, 0.25) is 12.0 Å². The molecule has 256 valence electrons. The fraction of sp³-hybridized carbons (Fsp3) is 0.208. The van der Waals surface area contributed by atoms with Crippen molar-refractivity contribution in [2.75, 3.05) is 0 Å². The smallest absolute Gasteiger partial charge is 0.235 e. The Hall–Kier alpha value is -5.58. The molecule has 0 fully saturated rings. The highest BCUT2D eigenvalue weighted by Crippen LogP contribution is 2.48. The van der Waals surface area contributed by atoms with Gasteiger partial charge in [0, 0.05) is 39.9 Å². The molecule has 9 rings (SSSR count). The van der Waals surface area contributed by atoms with Crippen LogP contribution < -0.4 is 10.1 Å². The van der Waals surface area contributed by atoms with E-state index in [9.17, 15) is 0 Å². The Morgan fingerprint density at radius 2 is 1.27 bits per heavy atom. The van der Waals surface area contributed by atoms with E-state index in [1.165, 1.54) is 44.5 Å². The van der Waals surface area contributed by atoms with Crippen LogP contribution in [-0.2, 0) is 5.41 Å². The van der Waals surface area contributed by atoms with Crippen LogP contribution >= 0.6 is 0 Å². The van der Waals surface area contributed by atoms with Gasteiger partial charge < -0.3 is 4.74 Å². The van der Waals surface area contributed by atoms with Crippen LogP contribution in [0.15, 0.2) is 179 Å². The highest BCUT2D eigenvalue weighted by atomic mass is 16.5. The van der Waals surface area contributed by atoms with E-state index >= 15 is 0 Å². The summed E-state index contributed by atoms with van der Waals surface area (Å²) in [5.41, 5.74) is 9.94. The molecule has 4 aromatic rings.